The fourth-order valence-corrected chi connectivity index (χ4v) is 2.62. The van der Waals surface area contributed by atoms with Gasteiger partial charge in [-0.05, 0) is 17.7 Å². The minimum atomic E-state index is 0.429. The van der Waals surface area contributed by atoms with Crippen molar-refractivity contribution in [2.75, 3.05) is 13.2 Å². The summed E-state index contributed by atoms with van der Waals surface area (Å²) >= 11 is 6.14. The van der Waals surface area contributed by atoms with Gasteiger partial charge in [0, 0.05) is 29.6 Å². The molecule has 3 rings (SSSR count). The molecule has 0 fully saturated rings. The van der Waals surface area contributed by atoms with E-state index in [4.69, 9.17) is 16.3 Å². The number of halogens is 1. The van der Waals surface area contributed by atoms with Crippen molar-refractivity contribution in [3.05, 3.63) is 64.7 Å². The zero-order valence-corrected chi connectivity index (χ0v) is 11.4. The second-order valence-electron chi connectivity index (χ2n) is 4.77. The number of ether oxygens (including phenoxy) is 1. The molecule has 0 saturated heterocycles. The third-order valence-corrected chi connectivity index (χ3v) is 3.83. The van der Waals surface area contributed by atoms with E-state index in [2.05, 4.69) is 23.5 Å². The van der Waals surface area contributed by atoms with Crippen LogP contribution < -0.4 is 10.1 Å². The van der Waals surface area contributed by atoms with E-state index in [0.29, 0.717) is 5.92 Å². The van der Waals surface area contributed by atoms with Crippen LogP contribution in [0, 0.1) is 0 Å². The maximum absolute atomic E-state index is 6.14. The number of nitrogens with one attached hydrogen (secondary N) is 1. The van der Waals surface area contributed by atoms with Crippen LogP contribution in [-0.2, 0) is 6.54 Å². The van der Waals surface area contributed by atoms with Gasteiger partial charge in [0.2, 0.25) is 0 Å². The standard InChI is InChI=1S/C16H16ClNO/c17-15-7-3-1-5-12(15)9-18-10-13-11-19-16-8-4-2-6-14(13)16/h1-8,13,18H,9-11H2. The van der Waals surface area contributed by atoms with Crippen molar-refractivity contribution in [2.24, 2.45) is 0 Å². The monoisotopic (exact) mass is 273 g/mol. The van der Waals surface area contributed by atoms with Gasteiger partial charge in [-0.15, -0.1) is 0 Å². The quantitative estimate of drug-likeness (QED) is 0.919. The molecule has 2 nitrogen and oxygen atoms in total. The predicted octanol–water partition coefficient (Wildman–Crippen LogP) is 3.61. The number of hydrogen-bond donors (Lipinski definition) is 1. The van der Waals surface area contributed by atoms with Gasteiger partial charge in [0.15, 0.2) is 0 Å². The highest BCUT2D eigenvalue weighted by molar-refractivity contribution is 6.31. The Morgan fingerprint density at radius 3 is 2.79 bits per heavy atom. The van der Waals surface area contributed by atoms with Gasteiger partial charge in [0.1, 0.15) is 5.75 Å². The lowest BCUT2D eigenvalue weighted by Crippen LogP contribution is -2.22. The van der Waals surface area contributed by atoms with Crippen LogP contribution in [0.1, 0.15) is 17.0 Å². The molecule has 0 bridgehead atoms. The van der Waals surface area contributed by atoms with Gasteiger partial charge in [-0.3, -0.25) is 0 Å². The largest absolute Gasteiger partial charge is 0.493 e. The summed E-state index contributed by atoms with van der Waals surface area (Å²) in [4.78, 5) is 0. The number of rotatable bonds is 4. The number of para-hydroxylation sites is 1. The van der Waals surface area contributed by atoms with Crippen LogP contribution in [0.15, 0.2) is 48.5 Å². The molecule has 1 unspecified atom stereocenters. The Bertz CT molecular complexity index is 570. The molecule has 1 N–H and O–H groups in total. The maximum atomic E-state index is 6.14. The second-order valence-corrected chi connectivity index (χ2v) is 5.18. The Kier molecular flexibility index (Phi) is 3.72. The zero-order valence-electron chi connectivity index (χ0n) is 10.6. The maximum Gasteiger partial charge on any atom is 0.122 e. The van der Waals surface area contributed by atoms with Gasteiger partial charge in [0.25, 0.3) is 0 Å². The Hall–Kier alpha value is -1.51. The summed E-state index contributed by atoms with van der Waals surface area (Å²) in [7, 11) is 0. The first kappa shape index (κ1) is 12.5. The van der Waals surface area contributed by atoms with E-state index >= 15 is 0 Å². The minimum absolute atomic E-state index is 0.429. The van der Waals surface area contributed by atoms with Crippen molar-refractivity contribution in [2.45, 2.75) is 12.5 Å². The SMILES string of the molecule is Clc1ccccc1CNCC1COc2ccccc21. The molecule has 0 saturated carbocycles. The van der Waals surface area contributed by atoms with Crippen LogP contribution >= 0.6 is 11.6 Å². The van der Waals surface area contributed by atoms with Crippen LogP contribution in [0.4, 0.5) is 0 Å². The number of benzene rings is 2. The van der Waals surface area contributed by atoms with Crippen molar-refractivity contribution >= 4 is 11.6 Å². The second kappa shape index (κ2) is 5.64. The van der Waals surface area contributed by atoms with E-state index in [1.807, 2.05) is 30.3 Å². The third-order valence-electron chi connectivity index (χ3n) is 3.46. The normalized spacial score (nSPS) is 17.0. The summed E-state index contributed by atoms with van der Waals surface area (Å²) in [5, 5.41) is 4.28. The summed E-state index contributed by atoms with van der Waals surface area (Å²) in [6.45, 7) is 2.45. The van der Waals surface area contributed by atoms with Crippen LogP contribution in [0.2, 0.25) is 5.02 Å². The van der Waals surface area contributed by atoms with Gasteiger partial charge < -0.3 is 10.1 Å². The van der Waals surface area contributed by atoms with E-state index in [9.17, 15) is 0 Å². The molecule has 0 aliphatic carbocycles. The molecule has 2 aromatic carbocycles. The molecule has 0 radical (unpaired) electrons. The molecule has 19 heavy (non-hydrogen) atoms. The van der Waals surface area contributed by atoms with Gasteiger partial charge in [0.05, 0.1) is 6.61 Å². The highest BCUT2D eigenvalue weighted by Gasteiger charge is 2.22. The summed E-state index contributed by atoms with van der Waals surface area (Å²) in [5.41, 5.74) is 2.44. The fourth-order valence-electron chi connectivity index (χ4n) is 2.42. The summed E-state index contributed by atoms with van der Waals surface area (Å²) in [5.74, 6) is 1.45. The molecular weight excluding hydrogens is 258 g/mol. The smallest absolute Gasteiger partial charge is 0.122 e. The van der Waals surface area contributed by atoms with Gasteiger partial charge in [-0.2, -0.15) is 0 Å². The van der Waals surface area contributed by atoms with Crippen molar-refractivity contribution in [1.29, 1.82) is 0 Å². The average Bonchev–Trinajstić information content (AvgIpc) is 2.85. The Balaban J connectivity index is 1.58. The van der Waals surface area contributed by atoms with E-state index < -0.39 is 0 Å². The molecule has 0 aromatic heterocycles. The lowest BCUT2D eigenvalue weighted by molar-refractivity contribution is 0.326. The van der Waals surface area contributed by atoms with Crippen molar-refractivity contribution in [3.63, 3.8) is 0 Å². The Labute approximate surface area is 118 Å². The zero-order chi connectivity index (χ0) is 13.1. The molecule has 3 heteroatoms. The summed E-state index contributed by atoms with van der Waals surface area (Å²) in [6.07, 6.45) is 0. The lowest BCUT2D eigenvalue weighted by Gasteiger charge is -2.11. The third kappa shape index (κ3) is 2.75. The predicted molar refractivity (Wildman–Crippen MR) is 77.8 cm³/mol. The van der Waals surface area contributed by atoms with Crippen LogP contribution in [0.25, 0.3) is 0 Å². The van der Waals surface area contributed by atoms with Gasteiger partial charge >= 0.3 is 0 Å². The van der Waals surface area contributed by atoms with Crippen LogP contribution in [0.5, 0.6) is 5.75 Å². The van der Waals surface area contributed by atoms with E-state index in [-0.39, 0.29) is 0 Å². The first-order valence-corrected chi connectivity index (χ1v) is 6.88. The fraction of sp³-hybridized carbons (Fsp3) is 0.250. The molecule has 98 valence electrons. The van der Waals surface area contributed by atoms with E-state index in [1.165, 1.54) is 5.56 Å². The highest BCUT2D eigenvalue weighted by atomic mass is 35.5. The van der Waals surface area contributed by atoms with Gasteiger partial charge in [-0.1, -0.05) is 48.0 Å². The molecule has 1 atom stereocenters. The van der Waals surface area contributed by atoms with Crippen molar-refractivity contribution in [1.82, 2.24) is 5.32 Å². The van der Waals surface area contributed by atoms with Crippen molar-refractivity contribution in [3.8, 4) is 5.75 Å². The number of hydrogen-bond acceptors (Lipinski definition) is 2. The Morgan fingerprint density at radius 1 is 1.11 bits per heavy atom. The molecule has 0 spiro atoms. The lowest BCUT2D eigenvalue weighted by atomic mass is 10.0. The van der Waals surface area contributed by atoms with Gasteiger partial charge in [-0.25, -0.2) is 0 Å². The molecule has 1 heterocycles. The molecule has 1 aliphatic heterocycles. The Morgan fingerprint density at radius 2 is 1.89 bits per heavy atom. The van der Waals surface area contributed by atoms with Crippen LogP contribution in [0.3, 0.4) is 0 Å². The molecule has 1 aliphatic rings. The highest BCUT2D eigenvalue weighted by Crippen LogP contribution is 2.32. The van der Waals surface area contributed by atoms with E-state index in [1.54, 1.807) is 0 Å². The first-order valence-electron chi connectivity index (χ1n) is 6.50. The minimum Gasteiger partial charge on any atom is -0.493 e. The molecular formula is C16H16ClNO. The summed E-state index contributed by atoms with van der Waals surface area (Å²) in [6, 6.07) is 16.2. The molecule has 2 aromatic rings. The molecule has 0 amide bonds. The number of fused-ring (bicyclic) bond motifs is 1. The van der Waals surface area contributed by atoms with Crippen molar-refractivity contribution < 1.29 is 4.74 Å². The topological polar surface area (TPSA) is 21.3 Å². The van der Waals surface area contributed by atoms with Crippen LogP contribution in [-0.4, -0.2) is 13.2 Å². The van der Waals surface area contributed by atoms with E-state index in [0.717, 1.165) is 36.0 Å². The first-order chi connectivity index (χ1) is 9.34. The average molecular weight is 274 g/mol. The summed E-state index contributed by atoms with van der Waals surface area (Å²) < 4.78 is 5.67.